The Kier molecular flexibility index (Phi) is 52.9. The highest BCUT2D eigenvalue weighted by Gasteiger charge is 2.57. The van der Waals surface area contributed by atoms with Crippen molar-refractivity contribution in [3.8, 4) is 0 Å². The molecule has 1 heterocycles. The zero-order valence-corrected chi connectivity index (χ0v) is 73.8. The number of thiocarbonyl (C=S) groups is 1. The average Bonchev–Trinajstić information content (AvgIpc) is 0.762. The summed E-state index contributed by atoms with van der Waals surface area (Å²) in [7, 11) is 15.7. The lowest BCUT2D eigenvalue weighted by atomic mass is 9.59. The number of rotatable bonds is 57. The van der Waals surface area contributed by atoms with Crippen LogP contribution in [-0.2, 0) is 85.7 Å². The molecule has 0 saturated carbocycles. The number of carbonyl (C=O) groups excluding carboxylic acids is 7. The summed E-state index contributed by atoms with van der Waals surface area (Å²) in [6.07, 6.45) is 1.33. The van der Waals surface area contributed by atoms with Crippen LogP contribution < -0.4 is 5.32 Å². The molecule has 0 aromatic carbocycles. The molecule has 0 radical (unpaired) electrons. The molecule has 1 rings (SSSR count). The van der Waals surface area contributed by atoms with Gasteiger partial charge in [-0.05, 0) is 169 Å². The maximum atomic E-state index is 15.6. The van der Waals surface area contributed by atoms with Gasteiger partial charge in [-0.25, -0.2) is 16.4 Å². The van der Waals surface area contributed by atoms with Gasteiger partial charge in [0.25, 0.3) is 0 Å². The number of carboxylic acids is 2. The van der Waals surface area contributed by atoms with Crippen molar-refractivity contribution in [1.29, 1.82) is 0 Å². The summed E-state index contributed by atoms with van der Waals surface area (Å²) in [4.78, 5) is 137. The molecule has 0 aliphatic heterocycles. The van der Waals surface area contributed by atoms with E-state index in [0.717, 1.165) is 16.8 Å². The predicted molar refractivity (Wildman–Crippen MR) is 437 cm³/mol. The van der Waals surface area contributed by atoms with Gasteiger partial charge in [0.1, 0.15) is 51.1 Å². The number of alkyl carbamates (subject to hydrolysis) is 1. The molecule has 0 aliphatic rings. The average molecular weight is 1670 g/mol. The quantitative estimate of drug-likeness (QED) is 0.0104. The minimum Gasteiger partial charge on any atom is -0.481 e. The number of amides is 1. The number of carboxylic acid groups (broad SMARTS) is 2. The molecular weight excluding hydrogens is 1540 g/mol. The number of Topliss-reactive ketones (excluding diaryl/α,β-unsaturated/α-hetero) is 1. The second-order valence-electron chi connectivity index (χ2n) is 28.9. The summed E-state index contributed by atoms with van der Waals surface area (Å²) in [5.74, 6) is -5.29. The van der Waals surface area contributed by atoms with Gasteiger partial charge in [-0.1, -0.05) is 74.5 Å². The number of aromatic nitrogens is 1. The maximum Gasteiger partial charge on any atom is 0.407 e. The molecule has 10 atom stereocenters. The van der Waals surface area contributed by atoms with Crippen LogP contribution in [0.3, 0.4) is 0 Å². The van der Waals surface area contributed by atoms with Crippen molar-refractivity contribution in [2.45, 2.75) is 213 Å². The van der Waals surface area contributed by atoms with Gasteiger partial charge in [-0.15, -0.1) is 38.5 Å². The molecule has 1 aromatic rings. The molecule has 1 amide bonds. The Morgan fingerprint density at radius 2 is 1.12 bits per heavy atom. The molecule has 0 saturated heterocycles. The van der Waals surface area contributed by atoms with Crippen LogP contribution in [0.2, 0.25) is 0 Å². The molecule has 0 fully saturated rings. The number of likely N-dealkylation sites (N-methyl/N-ethyl adjacent to an activating group) is 1. The van der Waals surface area contributed by atoms with Gasteiger partial charge in [-0.3, -0.25) is 38.4 Å². The first-order valence-electron chi connectivity index (χ1n) is 35.8. The lowest BCUT2D eigenvalue weighted by Gasteiger charge is -2.44. The van der Waals surface area contributed by atoms with E-state index in [9.17, 15) is 29.1 Å². The first-order valence-corrected chi connectivity index (χ1v) is 46.5. The smallest absolute Gasteiger partial charge is 0.407 e. The summed E-state index contributed by atoms with van der Waals surface area (Å²) in [5.41, 5.74) is -11.0. The van der Waals surface area contributed by atoms with E-state index in [4.69, 9.17) is 71.3 Å². The predicted octanol–water partition coefficient (Wildman–Crippen LogP) is 14.8. The van der Waals surface area contributed by atoms with E-state index >= 15 is 19.2 Å². The molecule has 0 bridgehead atoms. The molecule has 0 spiro atoms. The number of nitrogens with zero attached hydrogens (tertiary/aromatic N) is 3. The molecule has 10 unspecified atom stereocenters. The summed E-state index contributed by atoms with van der Waals surface area (Å²) in [5, 5.41) is 23.2. The van der Waals surface area contributed by atoms with E-state index in [1.165, 1.54) is 47.4 Å². The number of aliphatic carboxylic acids is 2. The summed E-state index contributed by atoms with van der Waals surface area (Å²) >= 11 is 8.12. The zero-order chi connectivity index (χ0) is 80.7. The van der Waals surface area contributed by atoms with Crippen LogP contribution in [0.25, 0.3) is 4.85 Å². The van der Waals surface area contributed by atoms with E-state index in [-0.39, 0.29) is 163 Å². The number of pyridine rings is 1. The van der Waals surface area contributed by atoms with Crippen molar-refractivity contribution in [1.82, 2.24) is 15.2 Å². The Bertz CT molecular complexity index is 2870. The van der Waals surface area contributed by atoms with Gasteiger partial charge in [0, 0.05) is 71.4 Å². The van der Waals surface area contributed by atoms with Crippen molar-refractivity contribution in [3.63, 3.8) is 0 Å². The lowest BCUT2D eigenvalue weighted by Crippen LogP contribution is -2.49. The van der Waals surface area contributed by atoms with Crippen LogP contribution in [0.1, 0.15) is 192 Å². The maximum absolute atomic E-state index is 15.6. The van der Waals surface area contributed by atoms with Gasteiger partial charge in [-0.2, -0.15) is 0 Å². The van der Waals surface area contributed by atoms with Crippen molar-refractivity contribution < 1.29 is 101 Å². The number of thioether (sulfide) groups is 2. The number of carbonyl (C=O) groups is 9. The fourth-order valence-electron chi connectivity index (χ4n) is 11.7. The van der Waals surface area contributed by atoms with Gasteiger partial charge < -0.3 is 72.6 Å². The van der Waals surface area contributed by atoms with Gasteiger partial charge >= 0.3 is 47.9 Å². The van der Waals surface area contributed by atoms with Crippen molar-refractivity contribution in [2.24, 2.45) is 27.1 Å². The normalized spacial score (nSPS) is 15.5. The number of esters is 5. The minimum absolute atomic E-state index is 0.00743. The Morgan fingerprint density at radius 3 is 1.66 bits per heavy atom. The molecule has 608 valence electrons. The molecule has 3 N–H and O–H groups in total. The molecular formula is C72H124N4O21P4S5. The number of ether oxygens (including phenoxy) is 10. The first-order chi connectivity index (χ1) is 49.6. The van der Waals surface area contributed by atoms with Crippen LogP contribution in [-0.4, -0.2) is 218 Å². The van der Waals surface area contributed by atoms with Gasteiger partial charge in [0.15, 0.2) is 0 Å². The monoisotopic (exact) mass is 1660 g/mol. The molecule has 25 nitrogen and oxygen atoms in total. The van der Waals surface area contributed by atoms with E-state index in [1.54, 1.807) is 81.7 Å². The Morgan fingerprint density at radius 1 is 0.604 bits per heavy atom. The minimum atomic E-state index is -1.94. The molecule has 1 aromatic heterocycles. The van der Waals surface area contributed by atoms with Gasteiger partial charge in [0.05, 0.1) is 79.7 Å². The highest BCUT2D eigenvalue weighted by Crippen LogP contribution is 2.60. The number of nitrogens with one attached hydrogen (secondary N) is 1. The van der Waals surface area contributed by atoms with Crippen molar-refractivity contribution in [2.75, 3.05) is 125 Å². The summed E-state index contributed by atoms with van der Waals surface area (Å²) in [6.45, 7) is 29.2. The summed E-state index contributed by atoms with van der Waals surface area (Å²) < 4.78 is 56.7. The Labute approximate surface area is 661 Å². The van der Waals surface area contributed by atoms with Gasteiger partial charge in [0.2, 0.25) is 5.54 Å². The molecule has 106 heavy (non-hydrogen) atoms. The van der Waals surface area contributed by atoms with Crippen LogP contribution in [0.4, 0.5) is 4.79 Å². The van der Waals surface area contributed by atoms with Crippen molar-refractivity contribution in [3.05, 3.63) is 35.8 Å². The number of unbranched alkanes of at least 4 members (excludes halogenated alkanes) is 1. The molecule has 34 heteroatoms. The van der Waals surface area contributed by atoms with Crippen LogP contribution in [0.5, 0.6) is 0 Å². The van der Waals surface area contributed by atoms with Crippen LogP contribution >= 0.6 is 91.1 Å². The van der Waals surface area contributed by atoms with E-state index in [1.807, 2.05) is 37.8 Å². The van der Waals surface area contributed by atoms with Crippen molar-refractivity contribution >= 4 is 148 Å². The van der Waals surface area contributed by atoms with Crippen LogP contribution in [0, 0.1) is 33.6 Å². The Hall–Kier alpha value is -3.12. The molecule has 0 aliphatic carbocycles. The summed E-state index contributed by atoms with van der Waals surface area (Å²) in [6, 6.07) is 5.46. The van der Waals surface area contributed by atoms with E-state index in [2.05, 4.69) is 41.9 Å². The number of hydrogen-bond donors (Lipinski definition) is 3. The SMILES string of the molecule is PP(P)P.[C-]#[N+]C(C)(CCC(=O)CCCOCCOCCC(=O)O)CC(C)(CC(C)(CC(C)(CC(C)(CCC(C)(CCC(CCC)(SC(=S)SCC)C(=O)O)C(=O)OCCCC)C(=O)OCCN(C)C)C(=O)OCCOC)C(=O)OCCOCCNC(=O)OC(C)(C)C)C(=O)OCCSSc1ccccn1. The van der Waals surface area contributed by atoms with E-state index in [0.29, 0.717) is 47.3 Å². The topological polar surface area (TPSA) is 319 Å². The number of methoxy groups -OCH3 is 1. The number of hydrogen-bond acceptors (Lipinski definition) is 26. The highest BCUT2D eigenvalue weighted by molar-refractivity contribution is 8.76. The lowest BCUT2D eigenvalue weighted by molar-refractivity contribution is -0.175. The Balaban J connectivity index is 0.0000268. The number of ketones is 1. The van der Waals surface area contributed by atoms with Crippen LogP contribution in [0.15, 0.2) is 29.4 Å². The largest absolute Gasteiger partial charge is 0.481 e. The highest BCUT2D eigenvalue weighted by atomic mass is 33.1. The van der Waals surface area contributed by atoms with E-state index < -0.39 is 110 Å². The third-order valence-corrected chi connectivity index (χ3v) is 21.9. The first kappa shape index (κ1) is 103. The second kappa shape index (κ2) is 54.5. The third kappa shape index (κ3) is 44.2. The standard InChI is InChI=1S/C72H118N4O21S5.H6P4/c1-17-20-38-92-58(82)66(7,32-33-72(28-18-2,57(80)81)101-64(98)99-19-3)30-31-67(8,59(83)93-41-36-76(14)15)50-68(9,60(84)94-46-42-88-16)51-69(10,61(85)95-47-45-91-40-35-75-63(87)97-65(4,5)6)52-70(11,62(86)96-48-49-100-102-55-25-21-22-34-74-55)53-71(12,73-13)29-26-54(77)24-23-37-89-43-44-90-39-27-56(78)79;1-4(2)3/h21-22,25,34H,17-20,23-24,26-33,35-53H2,1-12,14-16H3,(H,75,87)(H,78,79)(H,80,81);1-3H2. The fraction of sp³-hybridized carbons (Fsp3) is 0.778. The fourth-order valence-corrected chi connectivity index (χ4v) is 16.4. The second-order valence-corrected chi connectivity index (χ2v) is 46.8. The third-order valence-electron chi connectivity index (χ3n) is 16.8. The zero-order valence-electron chi connectivity index (χ0n) is 65.4.